The Morgan fingerprint density at radius 2 is 1.81 bits per heavy atom. The SMILES string of the molecule is CC1(C)OB(C2=CCC(CF)CC2)OC1(C)C.O=COCc1ccccc1. The van der Waals surface area contributed by atoms with Crippen molar-refractivity contribution in [3.8, 4) is 0 Å². The predicted molar refractivity (Wildman–Crippen MR) is 105 cm³/mol. The minimum Gasteiger partial charge on any atom is -0.463 e. The number of halogens is 1. The van der Waals surface area contributed by atoms with E-state index in [1.165, 1.54) is 5.47 Å². The first-order valence-corrected chi connectivity index (χ1v) is 9.49. The van der Waals surface area contributed by atoms with Crippen molar-refractivity contribution in [1.82, 2.24) is 0 Å². The van der Waals surface area contributed by atoms with Gasteiger partial charge in [-0.15, -0.1) is 0 Å². The normalized spacial score (nSPS) is 23.1. The monoisotopic (exact) mass is 376 g/mol. The molecule has 1 unspecified atom stereocenters. The number of hydrogen-bond acceptors (Lipinski definition) is 4. The third-order valence-electron chi connectivity index (χ3n) is 5.49. The van der Waals surface area contributed by atoms with Gasteiger partial charge in [-0.3, -0.25) is 9.18 Å². The number of carbonyl (C=O) groups excluding carboxylic acids is 1. The van der Waals surface area contributed by atoms with Crippen molar-refractivity contribution < 1.29 is 23.2 Å². The average molecular weight is 376 g/mol. The van der Waals surface area contributed by atoms with Gasteiger partial charge in [-0.2, -0.15) is 0 Å². The first-order valence-electron chi connectivity index (χ1n) is 9.49. The Kier molecular flexibility index (Phi) is 7.63. The van der Waals surface area contributed by atoms with Gasteiger partial charge in [0, 0.05) is 0 Å². The third kappa shape index (κ3) is 5.91. The number of rotatable bonds is 5. The molecule has 0 bridgehead atoms. The van der Waals surface area contributed by atoms with E-state index >= 15 is 0 Å². The molecule has 1 aromatic carbocycles. The summed E-state index contributed by atoms with van der Waals surface area (Å²) in [6.07, 6.45) is 4.73. The lowest BCUT2D eigenvalue weighted by Crippen LogP contribution is -2.41. The number of hydrogen-bond donors (Lipinski definition) is 0. The Balaban J connectivity index is 0.000000223. The number of carbonyl (C=O) groups is 1. The van der Waals surface area contributed by atoms with E-state index in [2.05, 4.69) is 38.5 Å². The molecule has 1 aliphatic carbocycles. The number of ether oxygens (including phenoxy) is 1. The second kappa shape index (κ2) is 9.51. The summed E-state index contributed by atoms with van der Waals surface area (Å²) in [7, 11) is -0.236. The summed E-state index contributed by atoms with van der Waals surface area (Å²) in [5, 5.41) is 0. The van der Waals surface area contributed by atoms with Crippen LogP contribution in [0.4, 0.5) is 4.39 Å². The summed E-state index contributed by atoms with van der Waals surface area (Å²) in [5.41, 5.74) is 1.63. The van der Waals surface area contributed by atoms with Crippen molar-refractivity contribution in [2.75, 3.05) is 6.67 Å². The zero-order chi connectivity index (χ0) is 19.9. The van der Waals surface area contributed by atoms with E-state index in [0.717, 1.165) is 24.8 Å². The Labute approximate surface area is 162 Å². The highest BCUT2D eigenvalue weighted by molar-refractivity contribution is 6.54. The van der Waals surface area contributed by atoms with Crippen molar-refractivity contribution in [3.05, 3.63) is 47.4 Å². The highest BCUT2D eigenvalue weighted by Gasteiger charge is 2.52. The van der Waals surface area contributed by atoms with Crippen LogP contribution in [0.25, 0.3) is 0 Å². The smallest absolute Gasteiger partial charge is 0.463 e. The van der Waals surface area contributed by atoms with Crippen LogP contribution in [0.15, 0.2) is 41.9 Å². The van der Waals surface area contributed by atoms with Gasteiger partial charge in [0.25, 0.3) is 6.47 Å². The maximum atomic E-state index is 12.5. The van der Waals surface area contributed by atoms with E-state index in [-0.39, 0.29) is 30.9 Å². The molecule has 1 aromatic rings. The lowest BCUT2D eigenvalue weighted by Gasteiger charge is -2.32. The summed E-state index contributed by atoms with van der Waals surface area (Å²) in [6, 6.07) is 9.55. The van der Waals surface area contributed by atoms with Gasteiger partial charge in [0.15, 0.2) is 0 Å². The molecule has 1 saturated heterocycles. The van der Waals surface area contributed by atoms with Gasteiger partial charge < -0.3 is 14.0 Å². The Hall–Kier alpha value is -1.66. The van der Waals surface area contributed by atoms with Crippen LogP contribution in [0.1, 0.15) is 52.5 Å². The Bertz CT molecular complexity index is 614. The molecule has 0 saturated carbocycles. The third-order valence-corrected chi connectivity index (χ3v) is 5.49. The molecule has 0 radical (unpaired) electrons. The van der Waals surface area contributed by atoms with E-state index in [4.69, 9.17) is 9.31 Å². The fourth-order valence-corrected chi connectivity index (χ4v) is 2.96. The van der Waals surface area contributed by atoms with Gasteiger partial charge in [0.05, 0.1) is 17.9 Å². The summed E-state index contributed by atoms with van der Waals surface area (Å²) < 4.78 is 29.1. The second-order valence-electron chi connectivity index (χ2n) is 8.05. The zero-order valence-corrected chi connectivity index (χ0v) is 16.7. The highest BCUT2D eigenvalue weighted by atomic mass is 19.1. The van der Waals surface area contributed by atoms with Gasteiger partial charge in [0.2, 0.25) is 0 Å². The fourth-order valence-electron chi connectivity index (χ4n) is 2.96. The Morgan fingerprint density at radius 3 is 2.30 bits per heavy atom. The van der Waals surface area contributed by atoms with E-state index in [9.17, 15) is 9.18 Å². The van der Waals surface area contributed by atoms with Crippen LogP contribution in [-0.2, 0) is 25.4 Å². The maximum absolute atomic E-state index is 12.5. The summed E-state index contributed by atoms with van der Waals surface area (Å²) in [5.74, 6) is 0.196. The van der Waals surface area contributed by atoms with E-state index in [1.807, 2.05) is 30.3 Å². The fraction of sp³-hybridized carbons (Fsp3) is 0.571. The van der Waals surface area contributed by atoms with Crippen LogP contribution >= 0.6 is 0 Å². The summed E-state index contributed by atoms with van der Waals surface area (Å²) in [4.78, 5) is 9.76. The number of benzene rings is 1. The van der Waals surface area contributed by atoms with Crippen LogP contribution in [0.5, 0.6) is 0 Å². The first kappa shape index (κ1) is 21.6. The van der Waals surface area contributed by atoms with Gasteiger partial charge in [-0.25, -0.2) is 0 Å². The van der Waals surface area contributed by atoms with Crippen molar-refractivity contribution in [2.45, 2.75) is 64.8 Å². The van der Waals surface area contributed by atoms with Gasteiger partial charge in [-0.05, 0) is 63.9 Å². The lowest BCUT2D eigenvalue weighted by molar-refractivity contribution is -0.129. The molecule has 0 amide bonds. The Morgan fingerprint density at radius 1 is 1.19 bits per heavy atom. The van der Waals surface area contributed by atoms with Gasteiger partial charge in [0.1, 0.15) is 6.61 Å². The van der Waals surface area contributed by atoms with Gasteiger partial charge in [-0.1, -0.05) is 36.4 Å². The van der Waals surface area contributed by atoms with Crippen LogP contribution in [0.3, 0.4) is 0 Å². The van der Waals surface area contributed by atoms with Crippen molar-refractivity contribution in [2.24, 2.45) is 5.92 Å². The van der Waals surface area contributed by atoms with Crippen molar-refractivity contribution in [3.63, 3.8) is 0 Å². The standard InChI is InChI=1S/C13H22BFO2.C8H8O2/c1-12(2)13(3,4)17-14(16-12)11-7-5-10(9-15)6-8-11;9-7-10-6-8-4-2-1-3-5-8/h7,10H,5-6,8-9H2,1-4H3;1-5,7H,6H2. The molecule has 0 N–H and O–H groups in total. The molecule has 0 aromatic heterocycles. The molecule has 2 aliphatic rings. The van der Waals surface area contributed by atoms with Crippen LogP contribution in [0, 0.1) is 5.92 Å². The summed E-state index contributed by atoms with van der Waals surface area (Å²) >= 11 is 0. The van der Waals surface area contributed by atoms with Crippen molar-refractivity contribution in [1.29, 1.82) is 0 Å². The minimum atomic E-state index is -0.282. The largest absolute Gasteiger partial charge is 0.490 e. The van der Waals surface area contributed by atoms with Crippen molar-refractivity contribution >= 4 is 13.6 Å². The molecule has 1 fully saturated rings. The molecular formula is C21H30BFO4. The molecule has 1 aliphatic heterocycles. The summed E-state index contributed by atoms with van der Waals surface area (Å²) in [6.45, 7) is 8.83. The molecule has 4 nitrogen and oxygen atoms in total. The molecule has 148 valence electrons. The van der Waals surface area contributed by atoms with Crippen LogP contribution in [-0.4, -0.2) is 31.5 Å². The molecule has 27 heavy (non-hydrogen) atoms. The second-order valence-corrected chi connectivity index (χ2v) is 8.05. The van der Waals surface area contributed by atoms with Gasteiger partial charge >= 0.3 is 7.12 Å². The van der Waals surface area contributed by atoms with E-state index in [0.29, 0.717) is 13.1 Å². The molecule has 0 spiro atoms. The molecule has 3 rings (SSSR count). The van der Waals surface area contributed by atoms with E-state index < -0.39 is 0 Å². The van der Waals surface area contributed by atoms with Crippen LogP contribution in [0.2, 0.25) is 0 Å². The number of alkyl halides is 1. The first-order chi connectivity index (χ1) is 12.8. The van der Waals surface area contributed by atoms with Crippen LogP contribution < -0.4 is 0 Å². The molecule has 1 atom stereocenters. The topological polar surface area (TPSA) is 44.8 Å². The minimum absolute atomic E-state index is 0.196. The maximum Gasteiger partial charge on any atom is 0.490 e. The molecule has 6 heteroatoms. The predicted octanol–water partition coefficient (Wildman–Crippen LogP) is 4.67. The molecular weight excluding hydrogens is 346 g/mol. The lowest BCUT2D eigenvalue weighted by atomic mass is 9.71. The quantitative estimate of drug-likeness (QED) is 0.553. The average Bonchev–Trinajstić information content (AvgIpc) is 2.89. The number of allylic oxidation sites excluding steroid dienone is 2. The highest BCUT2D eigenvalue weighted by Crippen LogP contribution is 2.40. The van der Waals surface area contributed by atoms with E-state index in [1.54, 1.807) is 0 Å². The molecule has 1 heterocycles. The zero-order valence-electron chi connectivity index (χ0n) is 16.7.